The molecule has 0 atom stereocenters. The minimum Gasteiger partial charge on any atom is -0.475 e. The van der Waals surface area contributed by atoms with Crippen LogP contribution in [0.5, 0.6) is 0 Å². The van der Waals surface area contributed by atoms with Gasteiger partial charge in [-0.2, -0.15) is 0 Å². The molecule has 0 unspecified atom stereocenters. The monoisotopic (exact) mass is 341 g/mol. The van der Waals surface area contributed by atoms with E-state index in [2.05, 4.69) is 5.32 Å². The first-order valence-corrected chi connectivity index (χ1v) is 7.33. The lowest BCUT2D eigenvalue weighted by Crippen LogP contribution is -2.17. The third-order valence-corrected chi connectivity index (χ3v) is 3.20. The molecule has 0 saturated carbocycles. The van der Waals surface area contributed by atoms with Crippen molar-refractivity contribution in [1.29, 1.82) is 0 Å². The van der Waals surface area contributed by atoms with E-state index in [4.69, 9.17) is 9.84 Å². The highest BCUT2D eigenvalue weighted by molar-refractivity contribution is 6.37. The number of ketones is 2. The normalized spacial score (nSPS) is 9.92. The minimum atomic E-state index is -1.66. The predicted molar refractivity (Wildman–Crippen MR) is 88.3 cm³/mol. The van der Waals surface area contributed by atoms with E-state index in [1.165, 1.54) is 18.2 Å². The van der Waals surface area contributed by atoms with Gasteiger partial charge in [-0.15, -0.1) is 0 Å². The molecule has 0 aromatic heterocycles. The number of rotatable bonds is 7. The second-order valence-electron chi connectivity index (χ2n) is 5.10. The SMILES string of the molecule is O=C(Nc1cccc(C(=O)CC(=O)C(=O)O)c1)OCc1ccccc1. The topological polar surface area (TPSA) is 110 Å². The van der Waals surface area contributed by atoms with Crippen LogP contribution in [-0.4, -0.2) is 28.7 Å². The Hall–Kier alpha value is -3.48. The molecule has 0 fully saturated rings. The number of benzene rings is 2. The molecule has 128 valence electrons. The quantitative estimate of drug-likeness (QED) is 0.455. The van der Waals surface area contributed by atoms with Crippen LogP contribution >= 0.6 is 0 Å². The van der Waals surface area contributed by atoms with E-state index in [1.807, 2.05) is 30.3 Å². The molecule has 7 nitrogen and oxygen atoms in total. The van der Waals surface area contributed by atoms with Crippen LogP contribution in [0.2, 0.25) is 0 Å². The molecule has 2 rings (SSSR count). The standard InChI is InChI=1S/C18H15NO6/c20-15(10-16(21)17(22)23)13-7-4-8-14(9-13)19-18(24)25-11-12-5-2-1-3-6-12/h1-9H,10-11H2,(H,19,24)(H,22,23). The van der Waals surface area contributed by atoms with Crippen molar-refractivity contribution in [3.05, 3.63) is 65.7 Å². The van der Waals surface area contributed by atoms with Gasteiger partial charge in [0.2, 0.25) is 5.78 Å². The number of carboxylic acid groups (broad SMARTS) is 1. The van der Waals surface area contributed by atoms with Crippen molar-refractivity contribution in [2.24, 2.45) is 0 Å². The van der Waals surface area contributed by atoms with Crippen LogP contribution in [0.25, 0.3) is 0 Å². The Morgan fingerprint density at radius 2 is 1.68 bits per heavy atom. The van der Waals surface area contributed by atoms with E-state index in [0.29, 0.717) is 5.69 Å². The Kier molecular flexibility index (Phi) is 6.00. The number of ether oxygens (including phenoxy) is 1. The fourth-order valence-corrected chi connectivity index (χ4v) is 1.97. The average molecular weight is 341 g/mol. The first kappa shape index (κ1) is 17.9. The van der Waals surface area contributed by atoms with Gasteiger partial charge in [-0.1, -0.05) is 42.5 Å². The van der Waals surface area contributed by atoms with Gasteiger partial charge in [0.15, 0.2) is 5.78 Å². The van der Waals surface area contributed by atoms with Crippen LogP contribution in [0.15, 0.2) is 54.6 Å². The summed E-state index contributed by atoms with van der Waals surface area (Å²) >= 11 is 0. The number of aliphatic carboxylic acids is 1. The van der Waals surface area contributed by atoms with Crippen LogP contribution in [-0.2, 0) is 20.9 Å². The van der Waals surface area contributed by atoms with Crippen LogP contribution < -0.4 is 5.32 Å². The van der Waals surface area contributed by atoms with Crippen LogP contribution in [0.1, 0.15) is 22.3 Å². The molecule has 1 amide bonds. The molecule has 7 heteroatoms. The summed E-state index contributed by atoms with van der Waals surface area (Å²) in [6, 6.07) is 14.9. The highest BCUT2D eigenvalue weighted by Gasteiger charge is 2.18. The Balaban J connectivity index is 1.94. The number of carbonyl (C=O) groups excluding carboxylic acids is 3. The van der Waals surface area contributed by atoms with Gasteiger partial charge in [-0.25, -0.2) is 9.59 Å². The van der Waals surface area contributed by atoms with Gasteiger partial charge in [-0.3, -0.25) is 14.9 Å². The Morgan fingerprint density at radius 1 is 0.960 bits per heavy atom. The van der Waals surface area contributed by atoms with Crippen LogP contribution in [0, 0.1) is 0 Å². The highest BCUT2D eigenvalue weighted by atomic mass is 16.5. The fraction of sp³-hybridized carbons (Fsp3) is 0.111. The number of nitrogens with one attached hydrogen (secondary N) is 1. The molecule has 2 N–H and O–H groups in total. The summed E-state index contributed by atoms with van der Waals surface area (Å²) in [4.78, 5) is 45.3. The predicted octanol–water partition coefficient (Wildman–Crippen LogP) is 2.66. The van der Waals surface area contributed by atoms with Crippen molar-refractivity contribution in [2.45, 2.75) is 13.0 Å². The first-order valence-electron chi connectivity index (χ1n) is 7.33. The van der Waals surface area contributed by atoms with E-state index < -0.39 is 30.0 Å². The maximum Gasteiger partial charge on any atom is 0.411 e. The molecule has 0 aliphatic rings. The number of Topliss-reactive ketones (excluding diaryl/α,β-unsaturated/α-hetero) is 2. The zero-order chi connectivity index (χ0) is 18.2. The first-order chi connectivity index (χ1) is 12.0. The van der Waals surface area contributed by atoms with Gasteiger partial charge in [0, 0.05) is 11.3 Å². The number of amides is 1. The lowest BCUT2D eigenvalue weighted by molar-refractivity contribution is -0.148. The largest absolute Gasteiger partial charge is 0.475 e. The molecule has 0 saturated heterocycles. The smallest absolute Gasteiger partial charge is 0.411 e. The molecule has 2 aromatic carbocycles. The fourth-order valence-electron chi connectivity index (χ4n) is 1.97. The van der Waals surface area contributed by atoms with E-state index >= 15 is 0 Å². The number of hydrogen-bond acceptors (Lipinski definition) is 5. The average Bonchev–Trinajstić information content (AvgIpc) is 2.61. The molecular weight excluding hydrogens is 326 g/mol. The molecule has 0 spiro atoms. The van der Waals surface area contributed by atoms with Gasteiger partial charge in [0.25, 0.3) is 0 Å². The summed E-state index contributed by atoms with van der Waals surface area (Å²) in [5, 5.41) is 11.0. The third kappa shape index (κ3) is 5.58. The van der Waals surface area contributed by atoms with Gasteiger partial charge in [0.05, 0.1) is 6.42 Å². The molecule has 2 aromatic rings. The van der Waals surface area contributed by atoms with E-state index in [-0.39, 0.29) is 12.2 Å². The lowest BCUT2D eigenvalue weighted by atomic mass is 10.1. The summed E-state index contributed by atoms with van der Waals surface area (Å²) in [7, 11) is 0. The number of carbonyl (C=O) groups is 4. The zero-order valence-electron chi connectivity index (χ0n) is 13.1. The summed E-state index contributed by atoms with van der Waals surface area (Å²) in [6.45, 7) is 0.0956. The van der Waals surface area contributed by atoms with Crippen molar-refractivity contribution in [3.8, 4) is 0 Å². The highest BCUT2D eigenvalue weighted by Crippen LogP contribution is 2.13. The molecule has 25 heavy (non-hydrogen) atoms. The second-order valence-corrected chi connectivity index (χ2v) is 5.10. The van der Waals surface area contributed by atoms with Crippen molar-refractivity contribution in [3.63, 3.8) is 0 Å². The Bertz CT molecular complexity index is 800. The third-order valence-electron chi connectivity index (χ3n) is 3.20. The van der Waals surface area contributed by atoms with Crippen molar-refractivity contribution in [2.75, 3.05) is 5.32 Å². The molecule has 0 aliphatic heterocycles. The summed E-state index contributed by atoms with van der Waals surface area (Å²) < 4.78 is 5.06. The van der Waals surface area contributed by atoms with Crippen LogP contribution in [0.3, 0.4) is 0 Å². The van der Waals surface area contributed by atoms with Crippen molar-refractivity contribution in [1.82, 2.24) is 0 Å². The molecule has 0 bridgehead atoms. The number of anilines is 1. The molecule has 0 heterocycles. The number of hydrogen-bond donors (Lipinski definition) is 2. The van der Waals surface area contributed by atoms with Gasteiger partial charge < -0.3 is 9.84 Å². The minimum absolute atomic E-state index is 0.0956. The van der Waals surface area contributed by atoms with E-state index in [1.54, 1.807) is 6.07 Å². The van der Waals surface area contributed by atoms with Crippen molar-refractivity contribution < 1.29 is 29.0 Å². The Morgan fingerprint density at radius 3 is 2.36 bits per heavy atom. The maximum absolute atomic E-state index is 11.9. The van der Waals surface area contributed by atoms with E-state index in [0.717, 1.165) is 5.56 Å². The lowest BCUT2D eigenvalue weighted by Gasteiger charge is -2.08. The van der Waals surface area contributed by atoms with Crippen molar-refractivity contribution >= 4 is 29.3 Å². The molecule has 0 radical (unpaired) electrons. The van der Waals surface area contributed by atoms with Gasteiger partial charge in [-0.05, 0) is 17.7 Å². The Labute approximate surface area is 143 Å². The van der Waals surface area contributed by atoms with Gasteiger partial charge in [0.1, 0.15) is 6.61 Å². The summed E-state index contributed by atoms with van der Waals surface area (Å²) in [6.07, 6.45) is -1.44. The summed E-state index contributed by atoms with van der Waals surface area (Å²) in [5.41, 5.74) is 1.25. The molecule has 0 aliphatic carbocycles. The molecular formula is C18H15NO6. The second kappa shape index (κ2) is 8.39. The zero-order valence-corrected chi connectivity index (χ0v) is 13.1. The summed E-state index contributed by atoms with van der Waals surface area (Å²) in [5.74, 6) is -3.49. The van der Waals surface area contributed by atoms with Crippen LogP contribution in [0.4, 0.5) is 10.5 Å². The van der Waals surface area contributed by atoms with Gasteiger partial charge >= 0.3 is 12.1 Å². The maximum atomic E-state index is 11.9. The van der Waals surface area contributed by atoms with E-state index in [9.17, 15) is 19.2 Å². The number of carboxylic acids is 1.